The van der Waals surface area contributed by atoms with Gasteiger partial charge < -0.3 is 9.67 Å². The topological polar surface area (TPSA) is 59.3 Å². The van der Waals surface area contributed by atoms with Gasteiger partial charge in [-0.2, -0.15) is 0 Å². The second-order valence-corrected chi connectivity index (χ2v) is 5.60. The Labute approximate surface area is 114 Å². The molecular formula is C14H13NO3S. The van der Waals surface area contributed by atoms with Crippen LogP contribution in [0.25, 0.3) is 10.9 Å². The van der Waals surface area contributed by atoms with Crippen LogP contribution in [0, 0.1) is 0 Å². The minimum atomic E-state index is -0.849. The van der Waals surface area contributed by atoms with Crippen LogP contribution in [0.1, 0.15) is 11.1 Å². The number of carbonyl (C=O) groups is 1. The van der Waals surface area contributed by atoms with Crippen molar-refractivity contribution in [3.63, 3.8) is 0 Å². The zero-order valence-corrected chi connectivity index (χ0v) is 11.1. The third-order valence-corrected chi connectivity index (χ3v) is 4.32. The van der Waals surface area contributed by atoms with E-state index < -0.39 is 5.97 Å². The van der Waals surface area contributed by atoms with E-state index in [2.05, 4.69) is 6.07 Å². The van der Waals surface area contributed by atoms with E-state index in [0.717, 1.165) is 23.9 Å². The van der Waals surface area contributed by atoms with Crippen LogP contribution in [0.15, 0.2) is 29.1 Å². The van der Waals surface area contributed by atoms with E-state index in [1.165, 1.54) is 17.3 Å². The van der Waals surface area contributed by atoms with E-state index in [9.17, 15) is 9.59 Å². The summed E-state index contributed by atoms with van der Waals surface area (Å²) in [6.45, 7) is 0.728. The van der Waals surface area contributed by atoms with Crippen LogP contribution in [0.3, 0.4) is 0 Å². The highest BCUT2D eigenvalue weighted by molar-refractivity contribution is 7.99. The Morgan fingerprint density at radius 1 is 1.42 bits per heavy atom. The first-order valence-electron chi connectivity index (χ1n) is 6.10. The molecule has 1 aliphatic rings. The number of benzene rings is 1. The van der Waals surface area contributed by atoms with Gasteiger partial charge in [0.1, 0.15) is 0 Å². The van der Waals surface area contributed by atoms with Gasteiger partial charge in [0.15, 0.2) is 0 Å². The van der Waals surface area contributed by atoms with Gasteiger partial charge in [0.2, 0.25) is 0 Å². The molecule has 0 radical (unpaired) electrons. The summed E-state index contributed by atoms with van der Waals surface area (Å²) in [7, 11) is 0. The number of thioether (sulfide) groups is 1. The van der Waals surface area contributed by atoms with Gasteiger partial charge in [-0.25, -0.2) is 0 Å². The molecule has 1 N–H and O–H groups in total. The van der Waals surface area contributed by atoms with E-state index in [4.69, 9.17) is 5.11 Å². The lowest BCUT2D eigenvalue weighted by molar-refractivity contribution is -0.133. The molecule has 0 saturated carbocycles. The van der Waals surface area contributed by atoms with Gasteiger partial charge in [-0.15, -0.1) is 11.8 Å². The number of aliphatic carboxylic acids is 1. The number of carboxylic acids is 1. The summed E-state index contributed by atoms with van der Waals surface area (Å²) < 4.78 is 1.82. The molecular weight excluding hydrogens is 262 g/mol. The van der Waals surface area contributed by atoms with E-state index >= 15 is 0 Å². The second kappa shape index (κ2) is 4.74. The number of rotatable bonds is 4. The molecule has 0 unspecified atom stereocenters. The molecule has 0 atom stereocenters. The van der Waals surface area contributed by atoms with Crippen LogP contribution in [0.4, 0.5) is 0 Å². The molecule has 1 aliphatic heterocycles. The fourth-order valence-corrected chi connectivity index (χ4v) is 3.28. The maximum Gasteiger partial charge on any atom is 0.313 e. The lowest BCUT2D eigenvalue weighted by atomic mass is 10.1. The van der Waals surface area contributed by atoms with Gasteiger partial charge in [-0.1, -0.05) is 18.2 Å². The van der Waals surface area contributed by atoms with Crippen molar-refractivity contribution in [3.05, 3.63) is 45.7 Å². The van der Waals surface area contributed by atoms with Crippen molar-refractivity contribution < 1.29 is 9.90 Å². The molecule has 3 rings (SSSR count). The zero-order valence-electron chi connectivity index (χ0n) is 10.3. The molecule has 5 heteroatoms. The van der Waals surface area contributed by atoms with Crippen LogP contribution in [-0.2, 0) is 23.5 Å². The van der Waals surface area contributed by atoms with Crippen LogP contribution in [0.5, 0.6) is 0 Å². The third-order valence-electron chi connectivity index (χ3n) is 3.36. The molecule has 0 fully saturated rings. The Balaban J connectivity index is 2.02. The Morgan fingerprint density at radius 3 is 3.05 bits per heavy atom. The summed E-state index contributed by atoms with van der Waals surface area (Å²) in [6.07, 6.45) is 0.901. The molecule has 19 heavy (non-hydrogen) atoms. The summed E-state index contributed by atoms with van der Waals surface area (Å²) in [5, 5.41) is 9.71. The normalized spacial score (nSPS) is 13.1. The lowest BCUT2D eigenvalue weighted by Gasteiger charge is -2.07. The van der Waals surface area contributed by atoms with Crippen molar-refractivity contribution in [2.45, 2.75) is 18.7 Å². The van der Waals surface area contributed by atoms with Gasteiger partial charge in [0.25, 0.3) is 5.56 Å². The number of aryl methyl sites for hydroxylation is 2. The minimum absolute atomic E-state index is 0.0235. The van der Waals surface area contributed by atoms with Crippen molar-refractivity contribution in [2.75, 3.05) is 5.75 Å². The molecule has 1 aromatic carbocycles. The zero-order chi connectivity index (χ0) is 13.4. The second-order valence-electron chi connectivity index (χ2n) is 4.62. The van der Waals surface area contributed by atoms with Crippen molar-refractivity contribution in [2.24, 2.45) is 0 Å². The summed E-state index contributed by atoms with van der Waals surface area (Å²) in [6, 6.07) is 7.97. The van der Waals surface area contributed by atoms with Crippen molar-refractivity contribution in [1.29, 1.82) is 0 Å². The summed E-state index contributed by atoms with van der Waals surface area (Å²) >= 11 is 1.26. The largest absolute Gasteiger partial charge is 0.481 e. The van der Waals surface area contributed by atoms with E-state index in [1.54, 1.807) is 0 Å². The van der Waals surface area contributed by atoms with Crippen molar-refractivity contribution in [3.8, 4) is 0 Å². The van der Waals surface area contributed by atoms with E-state index in [0.29, 0.717) is 11.3 Å². The lowest BCUT2D eigenvalue weighted by Crippen LogP contribution is -2.21. The molecule has 2 aromatic rings. The average Bonchev–Trinajstić information content (AvgIpc) is 2.80. The smallest absolute Gasteiger partial charge is 0.313 e. The van der Waals surface area contributed by atoms with Gasteiger partial charge in [-0.05, 0) is 23.4 Å². The average molecular weight is 275 g/mol. The van der Waals surface area contributed by atoms with Crippen LogP contribution in [0.2, 0.25) is 0 Å². The Kier molecular flexibility index (Phi) is 3.06. The highest BCUT2D eigenvalue weighted by atomic mass is 32.2. The minimum Gasteiger partial charge on any atom is -0.481 e. The molecule has 98 valence electrons. The highest BCUT2D eigenvalue weighted by Gasteiger charge is 2.17. The predicted molar refractivity (Wildman–Crippen MR) is 75.7 cm³/mol. The summed E-state index contributed by atoms with van der Waals surface area (Å²) in [5.41, 5.74) is 2.98. The Hall–Kier alpha value is -1.75. The van der Waals surface area contributed by atoms with Crippen molar-refractivity contribution in [1.82, 2.24) is 4.57 Å². The number of para-hydroxylation sites is 1. The number of hydrogen-bond donors (Lipinski definition) is 1. The number of carboxylic acid groups (broad SMARTS) is 1. The molecule has 0 spiro atoms. The highest BCUT2D eigenvalue weighted by Crippen LogP contribution is 2.25. The molecule has 2 heterocycles. The van der Waals surface area contributed by atoms with Crippen LogP contribution >= 0.6 is 11.8 Å². The van der Waals surface area contributed by atoms with Gasteiger partial charge in [0, 0.05) is 17.9 Å². The molecule has 4 nitrogen and oxygen atoms in total. The number of hydrogen-bond acceptors (Lipinski definition) is 3. The van der Waals surface area contributed by atoms with E-state index in [-0.39, 0.29) is 11.3 Å². The van der Waals surface area contributed by atoms with Crippen LogP contribution in [-0.4, -0.2) is 21.4 Å². The predicted octanol–water partition coefficient (Wildman–Crippen LogP) is 1.88. The van der Waals surface area contributed by atoms with Gasteiger partial charge in [-0.3, -0.25) is 9.59 Å². The molecule has 1 aromatic heterocycles. The van der Waals surface area contributed by atoms with Crippen molar-refractivity contribution >= 4 is 28.6 Å². The van der Waals surface area contributed by atoms with E-state index in [1.807, 2.05) is 22.8 Å². The van der Waals surface area contributed by atoms with Crippen LogP contribution < -0.4 is 5.56 Å². The standard InChI is InChI=1S/C14H13NO3S/c16-12(17)8-19-7-11-6-10-3-1-2-9-4-5-15(13(9)10)14(11)18/h1-3,6H,4-5,7-8H2,(H,16,17). The number of aromatic nitrogens is 1. The third kappa shape index (κ3) is 2.14. The molecule has 0 amide bonds. The quantitative estimate of drug-likeness (QED) is 0.925. The van der Waals surface area contributed by atoms with Gasteiger partial charge >= 0.3 is 5.97 Å². The fourth-order valence-electron chi connectivity index (χ4n) is 2.58. The Bertz CT molecular complexity index is 720. The maximum atomic E-state index is 12.3. The fraction of sp³-hybridized carbons (Fsp3) is 0.286. The monoisotopic (exact) mass is 275 g/mol. The first-order valence-corrected chi connectivity index (χ1v) is 7.26. The first-order chi connectivity index (χ1) is 9.16. The SMILES string of the molecule is O=C(O)CSCc1cc2cccc3c2n(c1=O)CC3. The molecule has 0 aliphatic carbocycles. The number of nitrogens with zero attached hydrogens (tertiary/aromatic N) is 1. The summed E-state index contributed by atoms with van der Waals surface area (Å²) in [5.74, 6) is -0.374. The number of pyridine rings is 1. The first kappa shape index (κ1) is 12.3. The summed E-state index contributed by atoms with van der Waals surface area (Å²) in [4.78, 5) is 22.8. The Morgan fingerprint density at radius 2 is 2.26 bits per heavy atom. The van der Waals surface area contributed by atoms with Gasteiger partial charge in [0.05, 0.1) is 11.3 Å². The molecule has 0 bridgehead atoms. The maximum absolute atomic E-state index is 12.3. The molecule has 0 saturated heterocycles.